The summed E-state index contributed by atoms with van der Waals surface area (Å²) in [5.74, 6) is -0.162. The largest absolute Gasteiger partial charge is 0.481 e. The van der Waals surface area contributed by atoms with Crippen LogP contribution in [0.1, 0.15) is 32.1 Å². The molecule has 3 heterocycles. The van der Waals surface area contributed by atoms with Crippen molar-refractivity contribution in [2.75, 3.05) is 44.2 Å². The number of amides is 2. The summed E-state index contributed by atoms with van der Waals surface area (Å²) in [4.78, 5) is 33.6. The lowest BCUT2D eigenvalue weighted by atomic mass is 9.91. The Morgan fingerprint density at radius 2 is 1.62 bits per heavy atom. The molecule has 2 aliphatic heterocycles. The standard InChI is InChI=1S/C19H28N4O3/c24-18(25)3-1-2-16-6-10-22(11-7-16)19(26)23-14-12-21(13-15-23)17-4-8-20-9-5-17/h4-5,8-9,16H,1-3,6-7,10-15H2,(H,24,25). The van der Waals surface area contributed by atoms with Crippen molar-refractivity contribution in [3.05, 3.63) is 24.5 Å². The van der Waals surface area contributed by atoms with E-state index in [4.69, 9.17) is 5.11 Å². The molecular formula is C19H28N4O3. The number of likely N-dealkylation sites (tertiary alicyclic amines) is 1. The molecule has 2 amide bonds. The molecule has 3 rings (SSSR count). The summed E-state index contributed by atoms with van der Waals surface area (Å²) in [7, 11) is 0. The molecule has 1 aromatic rings. The van der Waals surface area contributed by atoms with Crippen molar-refractivity contribution in [1.82, 2.24) is 14.8 Å². The fraction of sp³-hybridized carbons (Fsp3) is 0.632. The predicted molar refractivity (Wildman–Crippen MR) is 99.2 cm³/mol. The number of urea groups is 1. The molecule has 2 saturated heterocycles. The molecule has 2 aliphatic rings. The zero-order valence-corrected chi connectivity index (χ0v) is 15.2. The van der Waals surface area contributed by atoms with Crippen molar-refractivity contribution in [3.63, 3.8) is 0 Å². The van der Waals surface area contributed by atoms with Gasteiger partial charge in [-0.15, -0.1) is 0 Å². The summed E-state index contributed by atoms with van der Waals surface area (Å²) >= 11 is 0. The highest BCUT2D eigenvalue weighted by molar-refractivity contribution is 5.75. The van der Waals surface area contributed by atoms with Gasteiger partial charge in [0.15, 0.2) is 0 Å². The van der Waals surface area contributed by atoms with E-state index in [1.807, 2.05) is 21.9 Å². The molecule has 0 aromatic carbocycles. The molecule has 0 bridgehead atoms. The van der Waals surface area contributed by atoms with Gasteiger partial charge in [0.25, 0.3) is 0 Å². The Bertz CT molecular complexity index is 594. The van der Waals surface area contributed by atoms with Gasteiger partial charge in [-0.05, 0) is 43.7 Å². The minimum atomic E-state index is -0.719. The molecule has 7 nitrogen and oxygen atoms in total. The first-order valence-corrected chi connectivity index (χ1v) is 9.54. The van der Waals surface area contributed by atoms with E-state index in [1.54, 1.807) is 12.4 Å². The summed E-state index contributed by atoms with van der Waals surface area (Å²) < 4.78 is 0. The maximum Gasteiger partial charge on any atom is 0.320 e. The Balaban J connectivity index is 1.40. The summed E-state index contributed by atoms with van der Waals surface area (Å²) in [5, 5.41) is 8.73. The number of carbonyl (C=O) groups is 2. The zero-order chi connectivity index (χ0) is 18.4. The Kier molecular flexibility index (Phi) is 6.30. The maximum atomic E-state index is 12.8. The van der Waals surface area contributed by atoms with E-state index in [0.717, 1.165) is 70.6 Å². The number of piperazine rings is 1. The van der Waals surface area contributed by atoms with E-state index in [2.05, 4.69) is 9.88 Å². The van der Waals surface area contributed by atoms with E-state index in [0.29, 0.717) is 5.92 Å². The molecule has 1 aromatic heterocycles. The zero-order valence-electron chi connectivity index (χ0n) is 15.2. The number of pyridine rings is 1. The van der Waals surface area contributed by atoms with Crippen LogP contribution >= 0.6 is 0 Å². The number of carboxylic acid groups (broad SMARTS) is 1. The van der Waals surface area contributed by atoms with Crippen LogP contribution in [0.3, 0.4) is 0 Å². The number of carboxylic acids is 1. The average molecular weight is 360 g/mol. The van der Waals surface area contributed by atoms with Crippen LogP contribution in [0.25, 0.3) is 0 Å². The van der Waals surface area contributed by atoms with Crippen LogP contribution in [-0.2, 0) is 4.79 Å². The highest BCUT2D eigenvalue weighted by Gasteiger charge is 2.28. The molecule has 142 valence electrons. The van der Waals surface area contributed by atoms with Gasteiger partial charge >= 0.3 is 12.0 Å². The van der Waals surface area contributed by atoms with Gasteiger partial charge < -0.3 is 19.8 Å². The van der Waals surface area contributed by atoms with Crippen LogP contribution in [0.4, 0.5) is 10.5 Å². The second kappa shape index (κ2) is 8.87. The fourth-order valence-electron chi connectivity index (χ4n) is 3.87. The summed E-state index contributed by atoms with van der Waals surface area (Å²) in [6.45, 7) is 4.78. The SMILES string of the molecule is O=C(O)CCCC1CCN(C(=O)N2CCN(c3ccncc3)CC2)CC1. The highest BCUT2D eigenvalue weighted by atomic mass is 16.4. The van der Waals surface area contributed by atoms with Crippen molar-refractivity contribution < 1.29 is 14.7 Å². The maximum absolute atomic E-state index is 12.8. The summed E-state index contributed by atoms with van der Waals surface area (Å²) in [6, 6.07) is 4.17. The molecule has 0 saturated carbocycles. The monoisotopic (exact) mass is 360 g/mol. The third kappa shape index (κ3) is 4.86. The van der Waals surface area contributed by atoms with Gasteiger partial charge in [0.2, 0.25) is 0 Å². The predicted octanol–water partition coefficient (Wildman–Crippen LogP) is 2.29. The molecule has 0 aliphatic carbocycles. The first kappa shape index (κ1) is 18.5. The molecule has 7 heteroatoms. The first-order valence-electron chi connectivity index (χ1n) is 9.54. The second-order valence-corrected chi connectivity index (χ2v) is 7.18. The van der Waals surface area contributed by atoms with Crippen molar-refractivity contribution in [2.45, 2.75) is 32.1 Å². The normalized spacial score (nSPS) is 18.8. The number of hydrogen-bond donors (Lipinski definition) is 1. The van der Waals surface area contributed by atoms with Crippen molar-refractivity contribution in [2.24, 2.45) is 5.92 Å². The van der Waals surface area contributed by atoms with Crippen molar-refractivity contribution in [3.8, 4) is 0 Å². The van der Waals surface area contributed by atoms with Gasteiger partial charge in [0.1, 0.15) is 0 Å². The summed E-state index contributed by atoms with van der Waals surface area (Å²) in [5.41, 5.74) is 1.16. The lowest BCUT2D eigenvalue weighted by Crippen LogP contribution is -2.54. The fourth-order valence-corrected chi connectivity index (χ4v) is 3.87. The minimum absolute atomic E-state index is 0.156. The number of aromatic nitrogens is 1. The Hall–Kier alpha value is -2.31. The molecule has 0 atom stereocenters. The summed E-state index contributed by atoms with van der Waals surface area (Å²) in [6.07, 6.45) is 7.52. The number of anilines is 1. The molecule has 26 heavy (non-hydrogen) atoms. The first-order chi connectivity index (χ1) is 12.6. The van der Waals surface area contributed by atoms with E-state index in [9.17, 15) is 9.59 Å². The third-order valence-electron chi connectivity index (χ3n) is 5.47. The van der Waals surface area contributed by atoms with Gasteiger partial charge in [-0.25, -0.2) is 4.79 Å². The van der Waals surface area contributed by atoms with Crippen LogP contribution in [0.5, 0.6) is 0 Å². The Morgan fingerprint density at radius 3 is 2.23 bits per heavy atom. The topological polar surface area (TPSA) is 77.0 Å². The Labute approximate surface area is 154 Å². The Morgan fingerprint density at radius 1 is 1.00 bits per heavy atom. The van der Waals surface area contributed by atoms with E-state index in [1.165, 1.54) is 0 Å². The lowest BCUT2D eigenvalue weighted by molar-refractivity contribution is -0.137. The molecule has 2 fully saturated rings. The van der Waals surface area contributed by atoms with Crippen LogP contribution in [0.2, 0.25) is 0 Å². The smallest absolute Gasteiger partial charge is 0.320 e. The molecular weight excluding hydrogens is 332 g/mol. The number of aliphatic carboxylic acids is 1. The highest BCUT2D eigenvalue weighted by Crippen LogP contribution is 2.24. The van der Waals surface area contributed by atoms with E-state index in [-0.39, 0.29) is 12.5 Å². The molecule has 0 spiro atoms. The van der Waals surface area contributed by atoms with Gasteiger partial charge in [-0.2, -0.15) is 0 Å². The molecule has 1 N–H and O–H groups in total. The minimum Gasteiger partial charge on any atom is -0.481 e. The van der Waals surface area contributed by atoms with Gasteiger partial charge in [-0.3, -0.25) is 9.78 Å². The lowest BCUT2D eigenvalue weighted by Gasteiger charge is -2.40. The van der Waals surface area contributed by atoms with E-state index < -0.39 is 5.97 Å². The third-order valence-corrected chi connectivity index (χ3v) is 5.47. The van der Waals surface area contributed by atoms with E-state index >= 15 is 0 Å². The molecule has 0 unspecified atom stereocenters. The van der Waals surface area contributed by atoms with Gasteiger partial charge in [-0.1, -0.05) is 0 Å². The van der Waals surface area contributed by atoms with Crippen molar-refractivity contribution in [1.29, 1.82) is 0 Å². The number of carbonyl (C=O) groups excluding carboxylic acids is 1. The number of rotatable bonds is 5. The van der Waals surface area contributed by atoms with Gasteiger partial charge in [0, 0.05) is 63.8 Å². The average Bonchev–Trinajstić information content (AvgIpc) is 2.68. The quantitative estimate of drug-likeness (QED) is 0.872. The van der Waals surface area contributed by atoms with Crippen LogP contribution in [0, 0.1) is 5.92 Å². The van der Waals surface area contributed by atoms with Crippen LogP contribution in [-0.4, -0.2) is 71.2 Å². The number of nitrogens with zero attached hydrogens (tertiary/aromatic N) is 4. The van der Waals surface area contributed by atoms with Crippen molar-refractivity contribution >= 4 is 17.7 Å². The van der Waals surface area contributed by atoms with Crippen LogP contribution < -0.4 is 4.90 Å². The second-order valence-electron chi connectivity index (χ2n) is 7.18. The number of piperidine rings is 1. The number of hydrogen-bond acceptors (Lipinski definition) is 4. The van der Waals surface area contributed by atoms with Gasteiger partial charge in [0.05, 0.1) is 0 Å². The van der Waals surface area contributed by atoms with Crippen LogP contribution in [0.15, 0.2) is 24.5 Å². The molecule has 0 radical (unpaired) electrons.